The molecule has 0 spiro atoms. The zero-order valence-electron chi connectivity index (χ0n) is 9.68. The van der Waals surface area contributed by atoms with Gasteiger partial charge >= 0.3 is 0 Å². The first kappa shape index (κ1) is 13.4. The van der Waals surface area contributed by atoms with E-state index in [9.17, 15) is 10.1 Å². The van der Waals surface area contributed by atoms with Crippen molar-refractivity contribution in [2.75, 3.05) is 31.7 Å². The van der Waals surface area contributed by atoms with Crippen molar-refractivity contribution < 1.29 is 14.8 Å². The Kier molecular flexibility index (Phi) is 5.38. The van der Waals surface area contributed by atoms with Crippen LogP contribution in [-0.2, 0) is 4.74 Å². The molecule has 0 saturated heterocycles. The number of nitro benzene ring substituents is 1. The van der Waals surface area contributed by atoms with Crippen LogP contribution in [0, 0.1) is 17.0 Å². The second-order valence-corrected chi connectivity index (χ2v) is 3.49. The molecule has 6 heteroatoms. The SMILES string of the molecule is Cc1cccc([N+](=O)[O-])c1NCCOCCO. The molecule has 0 aliphatic rings. The summed E-state index contributed by atoms with van der Waals surface area (Å²) in [5.41, 5.74) is 1.40. The van der Waals surface area contributed by atoms with Gasteiger partial charge in [-0.3, -0.25) is 10.1 Å². The highest BCUT2D eigenvalue weighted by molar-refractivity contribution is 5.65. The van der Waals surface area contributed by atoms with E-state index >= 15 is 0 Å². The first-order chi connectivity index (χ1) is 8.16. The van der Waals surface area contributed by atoms with Gasteiger partial charge in [-0.15, -0.1) is 0 Å². The van der Waals surface area contributed by atoms with E-state index in [4.69, 9.17) is 9.84 Å². The van der Waals surface area contributed by atoms with Crippen LogP contribution < -0.4 is 5.32 Å². The van der Waals surface area contributed by atoms with Crippen LogP contribution in [0.15, 0.2) is 18.2 Å². The van der Waals surface area contributed by atoms with Crippen LogP contribution in [0.4, 0.5) is 11.4 Å². The minimum Gasteiger partial charge on any atom is -0.394 e. The lowest BCUT2D eigenvalue weighted by Crippen LogP contribution is -2.13. The summed E-state index contributed by atoms with van der Waals surface area (Å²) < 4.78 is 5.06. The molecule has 6 nitrogen and oxygen atoms in total. The number of para-hydroxylation sites is 1. The molecule has 0 aromatic heterocycles. The Morgan fingerprint density at radius 3 is 2.88 bits per heavy atom. The number of ether oxygens (including phenoxy) is 1. The number of benzene rings is 1. The zero-order chi connectivity index (χ0) is 12.7. The topological polar surface area (TPSA) is 84.6 Å². The van der Waals surface area contributed by atoms with Gasteiger partial charge in [0, 0.05) is 12.6 Å². The molecule has 94 valence electrons. The monoisotopic (exact) mass is 240 g/mol. The fourth-order valence-electron chi connectivity index (χ4n) is 1.45. The highest BCUT2D eigenvalue weighted by atomic mass is 16.6. The fourth-order valence-corrected chi connectivity index (χ4v) is 1.45. The molecule has 0 aliphatic heterocycles. The third-order valence-corrected chi connectivity index (χ3v) is 2.23. The minimum absolute atomic E-state index is 0.0233. The predicted octanol–water partition coefficient (Wildman–Crippen LogP) is 1.32. The van der Waals surface area contributed by atoms with Crippen LogP contribution in [0.5, 0.6) is 0 Å². The lowest BCUT2D eigenvalue weighted by molar-refractivity contribution is -0.384. The quantitative estimate of drug-likeness (QED) is 0.426. The fraction of sp³-hybridized carbons (Fsp3) is 0.455. The molecule has 1 rings (SSSR count). The van der Waals surface area contributed by atoms with E-state index in [0.717, 1.165) is 5.56 Å². The number of hydrogen-bond acceptors (Lipinski definition) is 5. The van der Waals surface area contributed by atoms with Crippen LogP contribution in [0.1, 0.15) is 5.56 Å². The molecule has 2 N–H and O–H groups in total. The summed E-state index contributed by atoms with van der Waals surface area (Å²) in [7, 11) is 0. The largest absolute Gasteiger partial charge is 0.394 e. The van der Waals surface area contributed by atoms with Crippen LogP contribution in [-0.4, -0.2) is 36.4 Å². The summed E-state index contributed by atoms with van der Waals surface area (Å²) >= 11 is 0. The number of nitrogens with zero attached hydrogens (tertiary/aromatic N) is 1. The van der Waals surface area contributed by atoms with Crippen molar-refractivity contribution in [1.82, 2.24) is 0 Å². The van der Waals surface area contributed by atoms with Gasteiger partial charge in [0.1, 0.15) is 5.69 Å². The molecule has 1 aromatic carbocycles. The molecule has 0 fully saturated rings. The molecule has 0 atom stereocenters. The number of nitro groups is 1. The standard InChI is InChI=1S/C11H16N2O4/c1-9-3-2-4-10(13(15)16)11(9)12-5-7-17-8-6-14/h2-4,12,14H,5-8H2,1H3. The predicted molar refractivity (Wildman–Crippen MR) is 64.2 cm³/mol. The number of anilines is 1. The van der Waals surface area contributed by atoms with Gasteiger partial charge in [-0.2, -0.15) is 0 Å². The Hall–Kier alpha value is -1.66. The van der Waals surface area contributed by atoms with Crippen molar-refractivity contribution in [3.05, 3.63) is 33.9 Å². The maximum Gasteiger partial charge on any atom is 0.292 e. The molecular weight excluding hydrogens is 224 g/mol. The molecule has 0 bridgehead atoms. The van der Waals surface area contributed by atoms with Gasteiger partial charge in [0.05, 0.1) is 24.7 Å². The second kappa shape index (κ2) is 6.82. The summed E-state index contributed by atoms with van der Waals surface area (Å²) in [6.45, 7) is 2.92. The lowest BCUT2D eigenvalue weighted by atomic mass is 10.1. The first-order valence-corrected chi connectivity index (χ1v) is 5.33. The summed E-state index contributed by atoms with van der Waals surface area (Å²) in [6.07, 6.45) is 0. The summed E-state index contributed by atoms with van der Waals surface area (Å²) in [6, 6.07) is 4.93. The smallest absolute Gasteiger partial charge is 0.292 e. The van der Waals surface area contributed by atoms with Gasteiger partial charge in [0.15, 0.2) is 0 Å². The van der Waals surface area contributed by atoms with E-state index in [0.29, 0.717) is 18.8 Å². The van der Waals surface area contributed by atoms with E-state index in [1.807, 2.05) is 13.0 Å². The van der Waals surface area contributed by atoms with Crippen molar-refractivity contribution >= 4 is 11.4 Å². The molecule has 17 heavy (non-hydrogen) atoms. The van der Waals surface area contributed by atoms with Gasteiger partial charge in [-0.1, -0.05) is 12.1 Å². The lowest BCUT2D eigenvalue weighted by Gasteiger charge is -2.09. The first-order valence-electron chi connectivity index (χ1n) is 5.33. The van der Waals surface area contributed by atoms with Crippen molar-refractivity contribution in [2.45, 2.75) is 6.92 Å². The number of aryl methyl sites for hydroxylation is 1. The number of hydrogen-bond donors (Lipinski definition) is 2. The maximum atomic E-state index is 10.8. The molecular formula is C11H16N2O4. The third-order valence-electron chi connectivity index (χ3n) is 2.23. The van der Waals surface area contributed by atoms with Crippen molar-refractivity contribution in [3.63, 3.8) is 0 Å². The van der Waals surface area contributed by atoms with Crippen molar-refractivity contribution in [3.8, 4) is 0 Å². The molecule has 0 radical (unpaired) electrons. The van der Waals surface area contributed by atoms with E-state index in [1.165, 1.54) is 6.07 Å². The average molecular weight is 240 g/mol. The van der Waals surface area contributed by atoms with Crippen LogP contribution >= 0.6 is 0 Å². The van der Waals surface area contributed by atoms with Crippen LogP contribution in [0.25, 0.3) is 0 Å². The second-order valence-electron chi connectivity index (χ2n) is 3.49. The van der Waals surface area contributed by atoms with E-state index in [2.05, 4.69) is 5.32 Å². The molecule has 0 saturated carbocycles. The third kappa shape index (κ3) is 4.01. The highest BCUT2D eigenvalue weighted by Crippen LogP contribution is 2.27. The Balaban J connectivity index is 2.60. The van der Waals surface area contributed by atoms with E-state index in [1.54, 1.807) is 6.07 Å². The molecule has 0 aliphatic carbocycles. The van der Waals surface area contributed by atoms with Gasteiger partial charge in [0.25, 0.3) is 5.69 Å². The molecule has 1 aromatic rings. The molecule has 0 unspecified atom stereocenters. The van der Waals surface area contributed by atoms with Gasteiger partial charge in [-0.25, -0.2) is 0 Å². The number of aliphatic hydroxyl groups excluding tert-OH is 1. The van der Waals surface area contributed by atoms with Crippen molar-refractivity contribution in [2.24, 2.45) is 0 Å². The number of nitrogens with one attached hydrogen (secondary N) is 1. The Morgan fingerprint density at radius 2 is 2.24 bits per heavy atom. The van der Waals surface area contributed by atoms with Crippen LogP contribution in [0.2, 0.25) is 0 Å². The Bertz CT molecular complexity index is 382. The normalized spacial score (nSPS) is 10.2. The van der Waals surface area contributed by atoms with Gasteiger partial charge in [0.2, 0.25) is 0 Å². The zero-order valence-corrected chi connectivity index (χ0v) is 9.68. The maximum absolute atomic E-state index is 10.8. The number of aliphatic hydroxyl groups is 1. The molecule has 0 amide bonds. The minimum atomic E-state index is -0.413. The molecule has 0 heterocycles. The Morgan fingerprint density at radius 1 is 1.47 bits per heavy atom. The average Bonchev–Trinajstić information content (AvgIpc) is 2.30. The Labute approximate surface area is 99.4 Å². The number of rotatable bonds is 7. The highest BCUT2D eigenvalue weighted by Gasteiger charge is 2.14. The van der Waals surface area contributed by atoms with E-state index < -0.39 is 4.92 Å². The summed E-state index contributed by atoms with van der Waals surface area (Å²) in [5, 5.41) is 22.3. The summed E-state index contributed by atoms with van der Waals surface area (Å²) in [4.78, 5) is 10.4. The van der Waals surface area contributed by atoms with Gasteiger partial charge in [-0.05, 0) is 12.5 Å². The van der Waals surface area contributed by atoms with Crippen molar-refractivity contribution in [1.29, 1.82) is 0 Å². The summed E-state index contributed by atoms with van der Waals surface area (Å²) in [5.74, 6) is 0. The van der Waals surface area contributed by atoms with Crippen LogP contribution in [0.3, 0.4) is 0 Å². The van der Waals surface area contributed by atoms with E-state index in [-0.39, 0.29) is 18.9 Å². The van der Waals surface area contributed by atoms with Gasteiger partial charge < -0.3 is 15.2 Å².